The summed E-state index contributed by atoms with van der Waals surface area (Å²) in [5.41, 5.74) is 0.381. The van der Waals surface area contributed by atoms with Gasteiger partial charge in [0.25, 0.3) is 5.56 Å². The van der Waals surface area contributed by atoms with Crippen LogP contribution < -0.4 is 20.9 Å². The maximum atomic E-state index is 12.7. The van der Waals surface area contributed by atoms with Crippen molar-refractivity contribution in [3.05, 3.63) is 50.7 Å². The molecule has 11 nitrogen and oxygen atoms in total. The fraction of sp³-hybridized carbons (Fsp3) is 0.500. The van der Waals surface area contributed by atoms with Gasteiger partial charge >= 0.3 is 5.69 Å². The molecular weight excluding hydrogens is 428 g/mol. The lowest BCUT2D eigenvalue weighted by Gasteiger charge is -2.35. The fourth-order valence-electron chi connectivity index (χ4n) is 4.12. The van der Waals surface area contributed by atoms with Crippen molar-refractivity contribution in [2.24, 2.45) is 7.05 Å². The first kappa shape index (κ1) is 23.0. The van der Waals surface area contributed by atoms with E-state index in [0.717, 1.165) is 18.7 Å². The Morgan fingerprint density at radius 1 is 1.18 bits per heavy atom. The normalized spacial score (nSPS) is 15.8. The third-order valence-corrected chi connectivity index (χ3v) is 5.98. The summed E-state index contributed by atoms with van der Waals surface area (Å²) in [6.07, 6.45) is -0.909. The molecule has 3 heterocycles. The number of hydrogen-bond acceptors (Lipinski definition) is 8. The molecule has 3 aromatic rings. The molecule has 0 saturated carbocycles. The Morgan fingerprint density at radius 2 is 1.91 bits per heavy atom. The molecule has 1 unspecified atom stereocenters. The molecule has 0 amide bonds. The van der Waals surface area contributed by atoms with Crippen LogP contribution in [0, 0.1) is 6.92 Å². The number of piperazine rings is 1. The number of imidazole rings is 1. The number of nitrogens with zero attached hydrogens (tertiary/aromatic N) is 5. The second-order valence-corrected chi connectivity index (χ2v) is 8.30. The van der Waals surface area contributed by atoms with Gasteiger partial charge in [0.1, 0.15) is 18.5 Å². The van der Waals surface area contributed by atoms with E-state index < -0.39 is 17.4 Å². The van der Waals surface area contributed by atoms with Gasteiger partial charge in [0, 0.05) is 39.8 Å². The largest absolute Gasteiger partial charge is 0.491 e. The molecule has 1 aliphatic heterocycles. The molecule has 11 heteroatoms. The van der Waals surface area contributed by atoms with E-state index in [1.165, 1.54) is 4.57 Å². The highest BCUT2D eigenvalue weighted by atomic mass is 16.5. The van der Waals surface area contributed by atoms with Crippen LogP contribution in [0.5, 0.6) is 5.75 Å². The van der Waals surface area contributed by atoms with Gasteiger partial charge in [-0.05, 0) is 18.6 Å². The predicted molar refractivity (Wildman–Crippen MR) is 124 cm³/mol. The number of aliphatic hydroxyl groups is 2. The summed E-state index contributed by atoms with van der Waals surface area (Å²) < 4.78 is 8.76. The fourth-order valence-corrected chi connectivity index (χ4v) is 4.12. The number of aromatic amines is 1. The highest BCUT2D eigenvalue weighted by Crippen LogP contribution is 2.22. The van der Waals surface area contributed by atoms with Crippen molar-refractivity contribution < 1.29 is 14.9 Å². The molecule has 178 valence electrons. The van der Waals surface area contributed by atoms with E-state index in [1.54, 1.807) is 11.6 Å². The van der Waals surface area contributed by atoms with E-state index in [2.05, 4.69) is 14.9 Å². The van der Waals surface area contributed by atoms with Crippen LogP contribution in [0.3, 0.4) is 0 Å². The average molecular weight is 459 g/mol. The number of anilines is 1. The van der Waals surface area contributed by atoms with Crippen LogP contribution in [0.15, 0.2) is 33.9 Å². The molecule has 0 radical (unpaired) electrons. The maximum absolute atomic E-state index is 12.7. The van der Waals surface area contributed by atoms with Crippen molar-refractivity contribution in [3.8, 4) is 5.75 Å². The van der Waals surface area contributed by atoms with Gasteiger partial charge < -0.3 is 24.4 Å². The lowest BCUT2D eigenvalue weighted by atomic mass is 10.2. The highest BCUT2D eigenvalue weighted by molar-refractivity contribution is 5.74. The summed E-state index contributed by atoms with van der Waals surface area (Å²) >= 11 is 0. The first-order valence-electron chi connectivity index (χ1n) is 11.0. The second kappa shape index (κ2) is 9.77. The molecular formula is C22H30N6O5. The monoisotopic (exact) mass is 458 g/mol. The number of aliphatic hydroxyl groups excluding tert-OH is 2. The van der Waals surface area contributed by atoms with E-state index in [9.17, 15) is 19.8 Å². The number of H-pyrrole nitrogens is 1. The van der Waals surface area contributed by atoms with Crippen LogP contribution in [0.4, 0.5) is 5.95 Å². The summed E-state index contributed by atoms with van der Waals surface area (Å²) in [6, 6.07) is 7.55. The number of fused-ring (bicyclic) bond motifs is 1. The van der Waals surface area contributed by atoms with Crippen LogP contribution in [-0.4, -0.2) is 86.3 Å². The van der Waals surface area contributed by atoms with Crippen molar-refractivity contribution in [1.29, 1.82) is 0 Å². The lowest BCUT2D eigenvalue weighted by Crippen LogP contribution is -2.48. The molecule has 4 rings (SSSR count). The number of nitrogens with one attached hydrogen (secondary N) is 1. The third kappa shape index (κ3) is 4.80. The Kier molecular flexibility index (Phi) is 6.82. The van der Waals surface area contributed by atoms with Crippen molar-refractivity contribution in [2.75, 3.05) is 50.8 Å². The summed E-state index contributed by atoms with van der Waals surface area (Å²) in [7, 11) is 1.55. The van der Waals surface area contributed by atoms with E-state index in [1.807, 2.05) is 36.1 Å². The predicted octanol–water partition coefficient (Wildman–Crippen LogP) is -0.714. The highest BCUT2D eigenvalue weighted by Gasteiger charge is 2.26. The second-order valence-electron chi connectivity index (χ2n) is 8.30. The lowest BCUT2D eigenvalue weighted by molar-refractivity contribution is 0.0931. The summed E-state index contributed by atoms with van der Waals surface area (Å²) in [4.78, 5) is 36.0. The number of β-amino-alcohol motifs (C(OH)–C–C–N with tert-alkyl or cyclic N) is 1. The minimum absolute atomic E-state index is 0.0396. The number of aromatic nitrogens is 4. The molecule has 1 fully saturated rings. The minimum Gasteiger partial charge on any atom is -0.491 e. The van der Waals surface area contributed by atoms with Gasteiger partial charge in [-0.25, -0.2) is 4.79 Å². The van der Waals surface area contributed by atoms with Crippen LogP contribution in [-0.2, 0) is 13.6 Å². The van der Waals surface area contributed by atoms with Gasteiger partial charge in [-0.2, -0.15) is 4.98 Å². The number of para-hydroxylation sites is 1. The van der Waals surface area contributed by atoms with Crippen molar-refractivity contribution in [2.45, 2.75) is 19.6 Å². The molecule has 1 aromatic carbocycles. The average Bonchev–Trinajstić information content (AvgIpc) is 3.17. The zero-order valence-electron chi connectivity index (χ0n) is 18.9. The van der Waals surface area contributed by atoms with Gasteiger partial charge in [-0.3, -0.25) is 19.2 Å². The smallest absolute Gasteiger partial charge is 0.329 e. The van der Waals surface area contributed by atoms with Gasteiger partial charge in [0.05, 0.1) is 13.2 Å². The van der Waals surface area contributed by atoms with Gasteiger partial charge in [-0.1, -0.05) is 18.2 Å². The maximum Gasteiger partial charge on any atom is 0.329 e. The van der Waals surface area contributed by atoms with Gasteiger partial charge in [-0.15, -0.1) is 0 Å². The Balaban J connectivity index is 1.63. The Morgan fingerprint density at radius 3 is 2.61 bits per heavy atom. The number of rotatable bonds is 8. The third-order valence-electron chi connectivity index (χ3n) is 5.98. The molecule has 0 spiro atoms. The number of benzene rings is 1. The summed E-state index contributed by atoms with van der Waals surface area (Å²) in [5.74, 6) is 1.21. The van der Waals surface area contributed by atoms with E-state index in [-0.39, 0.29) is 30.9 Å². The molecule has 2 aromatic heterocycles. The number of hydrogen-bond donors (Lipinski definition) is 3. The zero-order valence-corrected chi connectivity index (χ0v) is 18.9. The molecule has 0 aliphatic carbocycles. The molecule has 1 atom stereocenters. The Bertz CT molecular complexity index is 1220. The Labute approximate surface area is 190 Å². The van der Waals surface area contributed by atoms with Gasteiger partial charge in [0.15, 0.2) is 11.2 Å². The molecule has 1 aliphatic rings. The molecule has 0 bridgehead atoms. The first-order valence-corrected chi connectivity index (χ1v) is 11.0. The number of ether oxygens (including phenoxy) is 1. The van der Waals surface area contributed by atoms with Crippen molar-refractivity contribution >= 4 is 17.1 Å². The van der Waals surface area contributed by atoms with E-state index in [4.69, 9.17) is 4.74 Å². The zero-order chi connectivity index (χ0) is 23.5. The topological polar surface area (TPSA) is 129 Å². The van der Waals surface area contributed by atoms with Crippen molar-refractivity contribution in [3.63, 3.8) is 0 Å². The van der Waals surface area contributed by atoms with Crippen LogP contribution in [0.1, 0.15) is 5.56 Å². The quantitative estimate of drug-likeness (QED) is 0.404. The van der Waals surface area contributed by atoms with E-state index >= 15 is 0 Å². The van der Waals surface area contributed by atoms with Crippen LogP contribution in [0.2, 0.25) is 0 Å². The van der Waals surface area contributed by atoms with Gasteiger partial charge in [0.2, 0.25) is 5.95 Å². The van der Waals surface area contributed by atoms with Crippen LogP contribution >= 0.6 is 0 Å². The molecule has 33 heavy (non-hydrogen) atoms. The SMILES string of the molecule is Cc1ccccc1OCC(O)Cn1c(N2CCN(CCO)CC2)nc2c1c(=O)[nH]c(=O)n2C. The Hall–Kier alpha value is -3.15. The summed E-state index contributed by atoms with van der Waals surface area (Å²) in [5, 5.41) is 20.0. The molecule has 1 saturated heterocycles. The first-order chi connectivity index (χ1) is 15.9. The summed E-state index contributed by atoms with van der Waals surface area (Å²) in [6.45, 7) is 5.51. The molecule has 3 N–H and O–H groups in total. The van der Waals surface area contributed by atoms with E-state index in [0.29, 0.717) is 31.3 Å². The minimum atomic E-state index is -0.909. The van der Waals surface area contributed by atoms with Crippen molar-refractivity contribution in [1.82, 2.24) is 24.0 Å². The number of aryl methyl sites for hydroxylation is 2. The standard InChI is InChI=1S/C22H30N6O5/c1-15-5-3-4-6-17(15)33-14-16(30)13-28-18-19(25(2)22(32)24-20(18)31)23-21(28)27-9-7-26(8-10-27)11-12-29/h3-6,16,29-30H,7-14H2,1-2H3,(H,24,31,32). The van der Waals surface area contributed by atoms with Crippen LogP contribution in [0.25, 0.3) is 11.2 Å².